The van der Waals surface area contributed by atoms with Crippen LogP contribution >= 0.6 is 0 Å². The van der Waals surface area contributed by atoms with Gasteiger partial charge in [0.25, 0.3) is 0 Å². The van der Waals surface area contributed by atoms with Crippen molar-refractivity contribution in [3.8, 4) is 50.5 Å². The highest BCUT2D eigenvalue weighted by Crippen LogP contribution is 2.44. The lowest BCUT2D eigenvalue weighted by Gasteiger charge is -2.22. The topological polar surface area (TPSA) is 17.8 Å². The van der Waals surface area contributed by atoms with E-state index in [0.717, 1.165) is 22.5 Å². The number of rotatable bonds is 5. The summed E-state index contributed by atoms with van der Waals surface area (Å²) in [7, 11) is 22.6. The van der Waals surface area contributed by atoms with Crippen molar-refractivity contribution in [3.05, 3.63) is 121 Å². The Morgan fingerprint density at radius 1 is 0.333 bits per heavy atom. The Bertz CT molecular complexity index is 3040. The van der Waals surface area contributed by atoms with E-state index < -0.39 is 0 Å². The van der Waals surface area contributed by atoms with E-state index in [0.29, 0.717) is 0 Å². The van der Waals surface area contributed by atoms with E-state index in [1.807, 2.05) is 0 Å². The molecule has 0 saturated carbocycles. The van der Waals surface area contributed by atoms with Crippen molar-refractivity contribution in [2.45, 2.75) is 0 Å². The molecule has 0 N–H and O–H groups in total. The summed E-state index contributed by atoms with van der Waals surface area (Å²) < 4.78 is 2.38. The second-order valence-electron chi connectivity index (χ2n) is 16.2. The molecule has 0 spiro atoms. The lowest BCUT2D eigenvalue weighted by Crippen LogP contribution is -2.55. The summed E-state index contributed by atoms with van der Waals surface area (Å²) in [5.41, 5.74) is 25.5. The summed E-state index contributed by atoms with van der Waals surface area (Å²) in [6.07, 6.45) is 0. The Balaban J connectivity index is 1.29. The molecule has 0 bridgehead atoms. The molecule has 1 aromatic heterocycles. The fourth-order valence-corrected chi connectivity index (χ4v) is 9.60. The lowest BCUT2D eigenvalue weighted by molar-refractivity contribution is 1.11. The van der Waals surface area contributed by atoms with Gasteiger partial charge in [0.05, 0.1) is 11.0 Å². The van der Waals surface area contributed by atoms with Crippen LogP contribution in [0.1, 0.15) is 0 Å². The highest BCUT2D eigenvalue weighted by atomic mass is 15.1. The van der Waals surface area contributed by atoms with Crippen LogP contribution in [0.5, 0.6) is 0 Å². The molecule has 9 rings (SSSR count). The van der Waals surface area contributed by atoms with E-state index >= 15 is 0 Å². The molecule has 260 valence electrons. The van der Waals surface area contributed by atoms with Crippen molar-refractivity contribution in [1.29, 1.82) is 0 Å². The van der Waals surface area contributed by atoms with Crippen LogP contribution in [0.3, 0.4) is 0 Å². The fourth-order valence-electron chi connectivity index (χ4n) is 9.60. The lowest BCUT2D eigenvalue weighted by atomic mass is 9.59. The number of benzene rings is 8. The van der Waals surface area contributed by atoms with Gasteiger partial charge in [-0.15, -0.1) is 32.8 Å². The molecular weight excluding hydrogens is 677 g/mol. The molecule has 12 heteroatoms. The first-order chi connectivity index (χ1) is 27.5. The van der Waals surface area contributed by atoms with Gasteiger partial charge in [-0.3, -0.25) is 4.57 Å². The van der Waals surface area contributed by atoms with Gasteiger partial charge < -0.3 is 0 Å². The molecule has 0 atom stereocenters. The Labute approximate surface area is 345 Å². The molecule has 9 aromatic rings. The summed E-state index contributed by atoms with van der Waals surface area (Å²) in [4.78, 5) is 5.36. The van der Waals surface area contributed by atoms with Crippen molar-refractivity contribution in [1.82, 2.24) is 9.55 Å². The minimum atomic E-state index is 0.990. The van der Waals surface area contributed by atoms with Gasteiger partial charge in [0, 0.05) is 11.3 Å². The number of imidazole rings is 1. The molecule has 1 heterocycles. The van der Waals surface area contributed by atoms with Crippen LogP contribution in [-0.2, 0) is 0 Å². The van der Waals surface area contributed by atoms with Gasteiger partial charge in [-0.05, 0) is 85.3 Å². The van der Waals surface area contributed by atoms with Crippen LogP contribution in [0.4, 0.5) is 0 Å². The molecule has 0 aliphatic rings. The number of hydrogen-bond acceptors (Lipinski definition) is 1. The summed E-state index contributed by atoms with van der Waals surface area (Å²) in [5.74, 6) is 0.990. The highest BCUT2D eigenvalue weighted by molar-refractivity contribution is 6.70. The first kappa shape index (κ1) is 37.0. The summed E-state index contributed by atoms with van der Waals surface area (Å²) in [6, 6.07) is 44.9. The molecular formula is C45H40B10N2. The standard InChI is InChI=1S/C45H40B10N2/c46-35-33(36(47)40(51)43(54)39(35)50)22-10-7-9-21(19-22)31-25-13-1-3-15-27(25)32(28-16-4-2-14-26(28)31)23-11-8-12-24(20-23)57-30-18-6-5-17-29(30)56-45(57)34-37(48)41(52)44(55)42(53)38(34)49/h1-20H,46-55H2. The number of fused-ring (bicyclic) bond motifs is 3. The van der Waals surface area contributed by atoms with Gasteiger partial charge >= 0.3 is 0 Å². The highest BCUT2D eigenvalue weighted by Gasteiger charge is 2.23. The van der Waals surface area contributed by atoms with Crippen LogP contribution < -0.4 is 54.6 Å². The molecule has 0 aliphatic heterocycles. The molecule has 0 radical (unpaired) electrons. The number of aromatic nitrogens is 2. The predicted octanol–water partition coefficient (Wildman–Crippen LogP) is -5.42. The number of para-hydroxylation sites is 2. The normalized spacial score (nSPS) is 11.5. The van der Waals surface area contributed by atoms with Gasteiger partial charge in [-0.2, -0.15) is 0 Å². The average molecular weight is 717 g/mol. The van der Waals surface area contributed by atoms with Crippen LogP contribution in [0.15, 0.2) is 121 Å². The van der Waals surface area contributed by atoms with Crippen LogP contribution in [-0.4, -0.2) is 88.0 Å². The molecule has 2 nitrogen and oxygen atoms in total. The van der Waals surface area contributed by atoms with Crippen LogP contribution in [0, 0.1) is 0 Å². The zero-order valence-corrected chi connectivity index (χ0v) is 34.9. The van der Waals surface area contributed by atoms with Crippen molar-refractivity contribution >= 4 is 166 Å². The minimum Gasteiger partial charge on any atom is -0.292 e. The maximum Gasteiger partial charge on any atom is 0.144 e. The molecule has 0 unspecified atom stereocenters. The van der Waals surface area contributed by atoms with Gasteiger partial charge in [0.15, 0.2) is 0 Å². The molecule has 0 aliphatic carbocycles. The predicted molar refractivity (Wildman–Crippen MR) is 280 cm³/mol. The third-order valence-corrected chi connectivity index (χ3v) is 13.5. The van der Waals surface area contributed by atoms with Crippen molar-refractivity contribution in [3.63, 3.8) is 0 Å². The third-order valence-electron chi connectivity index (χ3n) is 13.5. The maximum atomic E-state index is 5.36. The van der Waals surface area contributed by atoms with E-state index in [-0.39, 0.29) is 0 Å². The quantitative estimate of drug-likeness (QED) is 0.129. The average Bonchev–Trinajstić information content (AvgIpc) is 3.62. The summed E-state index contributed by atoms with van der Waals surface area (Å²) in [6.45, 7) is 0. The molecule has 8 aromatic carbocycles. The van der Waals surface area contributed by atoms with Crippen LogP contribution in [0.2, 0.25) is 0 Å². The summed E-state index contributed by atoms with van der Waals surface area (Å²) in [5, 5.41) is 5.00. The molecule has 0 fully saturated rings. The number of hydrogen-bond donors (Lipinski definition) is 0. The van der Waals surface area contributed by atoms with Gasteiger partial charge in [0.1, 0.15) is 84.3 Å². The van der Waals surface area contributed by atoms with Gasteiger partial charge in [0.2, 0.25) is 0 Å². The maximum absolute atomic E-state index is 5.36. The fraction of sp³-hybridized carbons (Fsp3) is 0. The van der Waals surface area contributed by atoms with Gasteiger partial charge in [-0.1, -0.05) is 113 Å². The largest absolute Gasteiger partial charge is 0.292 e. The van der Waals surface area contributed by atoms with Crippen molar-refractivity contribution < 1.29 is 0 Å². The third kappa shape index (κ3) is 5.74. The Morgan fingerprint density at radius 2 is 0.719 bits per heavy atom. The number of nitrogens with zero attached hydrogens (tertiary/aromatic N) is 2. The molecule has 57 heavy (non-hydrogen) atoms. The van der Waals surface area contributed by atoms with E-state index in [2.05, 4.69) is 204 Å². The van der Waals surface area contributed by atoms with Crippen molar-refractivity contribution in [2.24, 2.45) is 0 Å². The second kappa shape index (κ2) is 14.1. The second-order valence-corrected chi connectivity index (χ2v) is 16.2. The van der Waals surface area contributed by atoms with E-state index in [1.54, 1.807) is 0 Å². The first-order valence-corrected chi connectivity index (χ1v) is 20.2. The zero-order valence-electron chi connectivity index (χ0n) is 34.9. The Morgan fingerprint density at radius 3 is 1.23 bits per heavy atom. The minimum absolute atomic E-state index is 0.990. The molecule has 0 saturated heterocycles. The van der Waals surface area contributed by atoms with E-state index in [4.69, 9.17) is 4.98 Å². The monoisotopic (exact) mass is 718 g/mol. The first-order valence-electron chi connectivity index (χ1n) is 20.2. The smallest absolute Gasteiger partial charge is 0.144 e. The Hall–Kier alpha value is -5.60. The summed E-state index contributed by atoms with van der Waals surface area (Å²) >= 11 is 0. The Kier molecular flexibility index (Phi) is 9.15. The van der Waals surface area contributed by atoms with E-state index in [9.17, 15) is 0 Å². The SMILES string of the molecule is Bc1c(B)c(B)c(-c2cccc(-c3c4ccccc4c(-c4cccc(-n5c(-c6c(B)c(B)c(B)c(B)c6B)nc6ccccc65)c4)c4ccccc34)c2)c(B)c1B. The van der Waals surface area contributed by atoms with Crippen molar-refractivity contribution in [2.75, 3.05) is 0 Å². The van der Waals surface area contributed by atoms with Crippen LogP contribution in [0.25, 0.3) is 83.0 Å². The molecule has 0 amide bonds. The van der Waals surface area contributed by atoms with E-state index in [1.165, 1.54) is 115 Å². The zero-order chi connectivity index (χ0) is 39.9. The van der Waals surface area contributed by atoms with Gasteiger partial charge in [-0.25, -0.2) is 4.98 Å².